The summed E-state index contributed by atoms with van der Waals surface area (Å²) in [5.74, 6) is -2.20. The molecule has 1 saturated heterocycles. The maximum Gasteiger partial charge on any atom is 0.251 e. The second-order valence-corrected chi connectivity index (χ2v) is 7.69. The maximum absolute atomic E-state index is 15.0. The van der Waals surface area contributed by atoms with E-state index in [0.29, 0.717) is 24.4 Å². The van der Waals surface area contributed by atoms with E-state index in [2.05, 4.69) is 15.2 Å². The van der Waals surface area contributed by atoms with Crippen LogP contribution >= 0.6 is 0 Å². The Bertz CT molecular complexity index is 1090. The Morgan fingerprint density at radius 1 is 1.30 bits per heavy atom. The summed E-state index contributed by atoms with van der Waals surface area (Å²) in [6.07, 6.45) is 2.21. The zero-order valence-electron chi connectivity index (χ0n) is 17.2. The van der Waals surface area contributed by atoms with Crippen molar-refractivity contribution >= 4 is 11.6 Å². The lowest BCUT2D eigenvalue weighted by Gasteiger charge is -2.30. The standard InChI is InChI=1S/C22H24F2N4O2/c1-13-4-5-28-18(11-15-12-27(3)6-7-30-15)21(26-19(28)8-13)20-16(23)9-14(10-17(20)24)22(29)25-2/h4-5,8-10,15H,6-7,11-12H2,1-3H3,(H,25,29)/t15-/m0/s1. The van der Waals surface area contributed by atoms with Gasteiger partial charge in [-0.2, -0.15) is 0 Å². The molecule has 1 aliphatic rings. The van der Waals surface area contributed by atoms with Gasteiger partial charge in [-0.15, -0.1) is 0 Å². The van der Waals surface area contributed by atoms with Crippen LogP contribution in [-0.2, 0) is 11.2 Å². The lowest BCUT2D eigenvalue weighted by Crippen LogP contribution is -2.41. The van der Waals surface area contributed by atoms with Gasteiger partial charge in [-0.3, -0.25) is 4.79 Å². The highest BCUT2D eigenvalue weighted by Gasteiger charge is 2.26. The number of ether oxygens (including phenoxy) is 1. The molecular weight excluding hydrogens is 390 g/mol. The molecule has 0 aliphatic carbocycles. The van der Waals surface area contributed by atoms with Crippen LogP contribution in [0.3, 0.4) is 0 Å². The van der Waals surface area contributed by atoms with Crippen LogP contribution in [-0.4, -0.2) is 60.1 Å². The molecule has 1 N–H and O–H groups in total. The van der Waals surface area contributed by atoms with E-state index in [1.165, 1.54) is 7.05 Å². The number of fused-ring (bicyclic) bond motifs is 1. The van der Waals surface area contributed by atoms with Gasteiger partial charge in [-0.05, 0) is 43.8 Å². The summed E-state index contributed by atoms with van der Waals surface area (Å²) in [7, 11) is 3.43. The van der Waals surface area contributed by atoms with Crippen molar-refractivity contribution in [3.05, 3.63) is 58.9 Å². The predicted molar refractivity (Wildman–Crippen MR) is 110 cm³/mol. The minimum atomic E-state index is -0.823. The Kier molecular flexibility index (Phi) is 5.53. The molecule has 3 aromatic rings. The van der Waals surface area contributed by atoms with E-state index in [0.717, 1.165) is 30.8 Å². The van der Waals surface area contributed by atoms with Crippen LogP contribution in [0.1, 0.15) is 21.6 Å². The van der Waals surface area contributed by atoms with Gasteiger partial charge < -0.3 is 19.4 Å². The Balaban J connectivity index is 1.85. The molecule has 3 heterocycles. The summed E-state index contributed by atoms with van der Waals surface area (Å²) in [6.45, 7) is 4.11. The number of hydrogen-bond donors (Lipinski definition) is 1. The number of nitrogens with zero attached hydrogens (tertiary/aromatic N) is 3. The predicted octanol–water partition coefficient (Wildman–Crippen LogP) is 2.82. The number of aryl methyl sites for hydroxylation is 1. The number of morpholine rings is 1. The van der Waals surface area contributed by atoms with Gasteiger partial charge in [0.05, 0.1) is 29.7 Å². The van der Waals surface area contributed by atoms with Crippen LogP contribution in [0.5, 0.6) is 0 Å². The summed E-state index contributed by atoms with van der Waals surface area (Å²) in [4.78, 5) is 18.5. The molecule has 0 radical (unpaired) electrons. The number of hydrogen-bond acceptors (Lipinski definition) is 4. The molecule has 0 unspecified atom stereocenters. The smallest absolute Gasteiger partial charge is 0.251 e. The van der Waals surface area contributed by atoms with Crippen LogP contribution in [0.25, 0.3) is 16.9 Å². The van der Waals surface area contributed by atoms with Gasteiger partial charge in [0.2, 0.25) is 0 Å². The van der Waals surface area contributed by atoms with Crippen molar-refractivity contribution in [1.82, 2.24) is 19.6 Å². The van der Waals surface area contributed by atoms with Gasteiger partial charge >= 0.3 is 0 Å². The first-order valence-corrected chi connectivity index (χ1v) is 9.86. The molecular formula is C22H24F2N4O2. The fourth-order valence-electron chi connectivity index (χ4n) is 3.87. The number of halogens is 2. The Morgan fingerprint density at radius 3 is 2.70 bits per heavy atom. The number of rotatable bonds is 4. The van der Waals surface area contributed by atoms with E-state index < -0.39 is 17.5 Å². The zero-order chi connectivity index (χ0) is 21.4. The van der Waals surface area contributed by atoms with Crippen LogP contribution in [0.15, 0.2) is 30.5 Å². The lowest BCUT2D eigenvalue weighted by atomic mass is 10.0. The van der Waals surface area contributed by atoms with Crippen molar-refractivity contribution in [2.75, 3.05) is 33.8 Å². The van der Waals surface area contributed by atoms with Gasteiger partial charge in [-0.1, -0.05) is 0 Å². The third-order valence-corrected chi connectivity index (χ3v) is 5.41. The summed E-state index contributed by atoms with van der Waals surface area (Å²) in [5.41, 5.74) is 2.21. The molecule has 1 aliphatic heterocycles. The number of carbonyl (C=O) groups is 1. The summed E-state index contributed by atoms with van der Waals surface area (Å²) in [5, 5.41) is 2.38. The Labute approximate surface area is 173 Å². The van der Waals surface area contributed by atoms with Crippen LogP contribution in [0.4, 0.5) is 8.78 Å². The van der Waals surface area contributed by atoms with Crippen molar-refractivity contribution in [3.63, 3.8) is 0 Å². The van der Waals surface area contributed by atoms with E-state index in [4.69, 9.17) is 4.74 Å². The normalized spacial score (nSPS) is 17.4. The van der Waals surface area contributed by atoms with Crippen LogP contribution < -0.4 is 5.32 Å². The average Bonchev–Trinajstić information content (AvgIpc) is 3.03. The number of amides is 1. The van der Waals surface area contributed by atoms with Gasteiger partial charge in [0.15, 0.2) is 0 Å². The summed E-state index contributed by atoms with van der Waals surface area (Å²) >= 11 is 0. The summed E-state index contributed by atoms with van der Waals surface area (Å²) in [6, 6.07) is 5.88. The molecule has 8 heteroatoms. The van der Waals surface area contributed by atoms with E-state index in [9.17, 15) is 4.79 Å². The molecule has 1 atom stereocenters. The van der Waals surface area contributed by atoms with Crippen molar-refractivity contribution in [3.8, 4) is 11.3 Å². The maximum atomic E-state index is 15.0. The second kappa shape index (κ2) is 8.12. The van der Waals surface area contributed by atoms with Crippen molar-refractivity contribution in [1.29, 1.82) is 0 Å². The van der Waals surface area contributed by atoms with Gasteiger partial charge in [0.25, 0.3) is 5.91 Å². The third kappa shape index (κ3) is 3.80. The topological polar surface area (TPSA) is 58.9 Å². The lowest BCUT2D eigenvalue weighted by molar-refractivity contribution is -0.0190. The average molecular weight is 414 g/mol. The molecule has 0 saturated carbocycles. The fourth-order valence-corrected chi connectivity index (χ4v) is 3.87. The third-order valence-electron chi connectivity index (χ3n) is 5.41. The summed E-state index contributed by atoms with van der Waals surface area (Å²) < 4.78 is 37.8. The Morgan fingerprint density at radius 2 is 2.03 bits per heavy atom. The minimum absolute atomic E-state index is 0.0744. The van der Waals surface area contributed by atoms with E-state index in [-0.39, 0.29) is 22.9 Å². The molecule has 0 spiro atoms. The molecule has 6 nitrogen and oxygen atoms in total. The largest absolute Gasteiger partial charge is 0.375 e. The number of likely N-dealkylation sites (N-methyl/N-ethyl adjacent to an activating group) is 1. The van der Waals surface area contributed by atoms with Gasteiger partial charge in [0, 0.05) is 38.3 Å². The molecule has 30 heavy (non-hydrogen) atoms. The van der Waals surface area contributed by atoms with E-state index >= 15 is 8.78 Å². The molecule has 2 aromatic heterocycles. The fraction of sp³-hybridized carbons (Fsp3) is 0.364. The van der Waals surface area contributed by atoms with E-state index in [1.807, 2.05) is 36.7 Å². The minimum Gasteiger partial charge on any atom is -0.375 e. The van der Waals surface area contributed by atoms with Crippen LogP contribution in [0.2, 0.25) is 0 Å². The van der Waals surface area contributed by atoms with E-state index in [1.54, 1.807) is 0 Å². The van der Waals surface area contributed by atoms with Crippen LogP contribution in [0, 0.1) is 18.6 Å². The monoisotopic (exact) mass is 414 g/mol. The number of pyridine rings is 1. The zero-order valence-corrected chi connectivity index (χ0v) is 17.2. The Hall–Kier alpha value is -2.84. The van der Waals surface area contributed by atoms with Gasteiger partial charge in [0.1, 0.15) is 17.3 Å². The van der Waals surface area contributed by atoms with Gasteiger partial charge in [-0.25, -0.2) is 13.8 Å². The molecule has 4 rings (SSSR count). The SMILES string of the molecule is CNC(=O)c1cc(F)c(-c2nc3cc(C)ccn3c2C[C@H]2CN(C)CCO2)c(F)c1. The number of nitrogens with one attached hydrogen (secondary N) is 1. The number of aromatic nitrogens is 2. The highest BCUT2D eigenvalue weighted by Crippen LogP contribution is 2.32. The van der Waals surface area contributed by atoms with Crippen molar-refractivity contribution < 1.29 is 18.3 Å². The van der Waals surface area contributed by atoms with Crippen molar-refractivity contribution in [2.45, 2.75) is 19.4 Å². The number of benzene rings is 1. The quantitative estimate of drug-likeness (QED) is 0.713. The second-order valence-electron chi connectivity index (χ2n) is 7.69. The van der Waals surface area contributed by atoms with Crippen molar-refractivity contribution in [2.24, 2.45) is 0 Å². The first-order chi connectivity index (χ1) is 14.4. The molecule has 158 valence electrons. The molecule has 1 amide bonds. The first-order valence-electron chi connectivity index (χ1n) is 9.86. The highest BCUT2D eigenvalue weighted by atomic mass is 19.1. The first kappa shape index (κ1) is 20.4. The highest BCUT2D eigenvalue weighted by molar-refractivity contribution is 5.94. The molecule has 1 aromatic carbocycles. The molecule has 1 fully saturated rings. The number of carbonyl (C=O) groups excluding carboxylic acids is 1. The molecule has 0 bridgehead atoms. The number of imidazole rings is 1.